The lowest BCUT2D eigenvalue weighted by Crippen LogP contribution is -2.14. The zero-order valence-electron chi connectivity index (χ0n) is 11.0. The predicted molar refractivity (Wildman–Crippen MR) is 70.5 cm³/mol. The Morgan fingerprint density at radius 1 is 1.05 bits per heavy atom. The van der Waals surface area contributed by atoms with Crippen molar-refractivity contribution >= 4 is 11.6 Å². The number of hydrogen-bond donors (Lipinski definition) is 1. The molecule has 2 rings (SSSR count). The second-order valence-corrected chi connectivity index (χ2v) is 4.49. The van der Waals surface area contributed by atoms with Gasteiger partial charge >= 0.3 is 6.18 Å². The Balaban J connectivity index is 2.24. The number of carbonyl (C=O) groups excluding carboxylic acids is 1. The maximum atomic E-state index is 12.8. The molecule has 0 saturated carbocycles. The highest BCUT2D eigenvalue weighted by atomic mass is 19.4. The summed E-state index contributed by atoms with van der Waals surface area (Å²) in [5, 5.41) is 2.36. The molecule has 0 spiro atoms. The molecule has 0 aliphatic heterocycles. The molecule has 0 aromatic heterocycles. The summed E-state index contributed by atoms with van der Waals surface area (Å²) in [6.45, 7) is 1.34. The van der Waals surface area contributed by atoms with Crippen LogP contribution in [0.25, 0.3) is 0 Å². The van der Waals surface area contributed by atoms with Gasteiger partial charge in [-0.05, 0) is 48.9 Å². The minimum absolute atomic E-state index is 0.0299. The zero-order valence-corrected chi connectivity index (χ0v) is 11.0. The molecule has 0 fully saturated rings. The molecule has 0 saturated heterocycles. The molecule has 21 heavy (non-hydrogen) atoms. The second kappa shape index (κ2) is 5.55. The number of benzene rings is 2. The lowest BCUT2D eigenvalue weighted by Gasteiger charge is -2.12. The van der Waals surface area contributed by atoms with Crippen molar-refractivity contribution in [1.29, 1.82) is 0 Å². The van der Waals surface area contributed by atoms with Crippen molar-refractivity contribution in [2.75, 3.05) is 5.32 Å². The molecule has 0 radical (unpaired) electrons. The first-order chi connectivity index (χ1) is 9.77. The Hall–Kier alpha value is -2.37. The summed E-state index contributed by atoms with van der Waals surface area (Å²) >= 11 is 0. The fraction of sp³-hybridized carbons (Fsp3) is 0.133. The molecule has 0 bridgehead atoms. The summed E-state index contributed by atoms with van der Waals surface area (Å²) in [5.74, 6) is -1.10. The van der Waals surface area contributed by atoms with Crippen LogP contribution in [-0.2, 0) is 6.18 Å². The quantitative estimate of drug-likeness (QED) is 0.818. The van der Waals surface area contributed by atoms with E-state index < -0.39 is 23.5 Å². The van der Waals surface area contributed by atoms with Crippen LogP contribution in [0.2, 0.25) is 0 Å². The van der Waals surface area contributed by atoms with Crippen LogP contribution in [0.1, 0.15) is 21.5 Å². The fourth-order valence-corrected chi connectivity index (χ4v) is 1.81. The zero-order chi connectivity index (χ0) is 15.6. The van der Waals surface area contributed by atoms with Crippen molar-refractivity contribution in [3.8, 4) is 0 Å². The molecule has 0 aliphatic rings. The SMILES string of the molecule is Cc1ccc(NC(=O)c2ccc(F)cc2)cc1C(F)(F)F. The third-order valence-corrected chi connectivity index (χ3v) is 2.91. The number of aryl methyl sites for hydroxylation is 1. The van der Waals surface area contributed by atoms with Gasteiger partial charge in [-0.25, -0.2) is 4.39 Å². The number of anilines is 1. The van der Waals surface area contributed by atoms with Gasteiger partial charge in [0.25, 0.3) is 5.91 Å². The standard InChI is InChI=1S/C15H11F4NO/c1-9-2-7-12(8-13(9)15(17,18)19)20-14(21)10-3-5-11(16)6-4-10/h2-8H,1H3,(H,20,21). The van der Waals surface area contributed by atoms with E-state index in [4.69, 9.17) is 0 Å². The molecule has 1 N–H and O–H groups in total. The number of rotatable bonds is 2. The highest BCUT2D eigenvalue weighted by molar-refractivity contribution is 6.04. The van der Waals surface area contributed by atoms with Crippen LogP contribution in [0.5, 0.6) is 0 Å². The molecule has 2 aromatic rings. The van der Waals surface area contributed by atoms with Crippen LogP contribution < -0.4 is 5.32 Å². The highest BCUT2D eigenvalue weighted by Crippen LogP contribution is 2.33. The van der Waals surface area contributed by atoms with Gasteiger partial charge in [0.05, 0.1) is 5.56 Å². The second-order valence-electron chi connectivity index (χ2n) is 4.49. The first kappa shape index (κ1) is 15.0. The van der Waals surface area contributed by atoms with E-state index in [0.29, 0.717) is 0 Å². The summed E-state index contributed by atoms with van der Waals surface area (Å²) < 4.78 is 51.1. The van der Waals surface area contributed by atoms with E-state index in [-0.39, 0.29) is 16.8 Å². The topological polar surface area (TPSA) is 29.1 Å². The Labute approximate surface area is 118 Å². The Bertz CT molecular complexity index is 662. The molecule has 0 unspecified atom stereocenters. The number of amides is 1. The molecule has 6 heteroatoms. The van der Waals surface area contributed by atoms with Gasteiger partial charge in [-0.2, -0.15) is 13.2 Å². The van der Waals surface area contributed by atoms with Gasteiger partial charge < -0.3 is 5.32 Å². The van der Waals surface area contributed by atoms with Gasteiger partial charge in [0, 0.05) is 11.3 Å². The molecule has 2 nitrogen and oxygen atoms in total. The molecule has 2 aromatic carbocycles. The largest absolute Gasteiger partial charge is 0.416 e. The molecule has 0 atom stereocenters. The van der Waals surface area contributed by atoms with Crippen LogP contribution in [0.4, 0.5) is 23.2 Å². The average Bonchev–Trinajstić information content (AvgIpc) is 2.40. The molecule has 110 valence electrons. The van der Waals surface area contributed by atoms with Crippen LogP contribution in [0, 0.1) is 12.7 Å². The maximum Gasteiger partial charge on any atom is 0.416 e. The van der Waals surface area contributed by atoms with E-state index in [1.165, 1.54) is 31.2 Å². The molecular weight excluding hydrogens is 286 g/mol. The summed E-state index contributed by atoms with van der Waals surface area (Å²) in [5.41, 5.74) is -0.547. The van der Waals surface area contributed by atoms with Gasteiger partial charge in [-0.1, -0.05) is 6.07 Å². The van der Waals surface area contributed by atoms with Gasteiger partial charge in [0.1, 0.15) is 5.82 Å². The lowest BCUT2D eigenvalue weighted by molar-refractivity contribution is -0.138. The van der Waals surface area contributed by atoms with Crippen molar-refractivity contribution in [2.45, 2.75) is 13.1 Å². The number of carbonyl (C=O) groups is 1. The lowest BCUT2D eigenvalue weighted by atomic mass is 10.1. The molecular formula is C15H11F4NO. The van der Waals surface area contributed by atoms with E-state index in [0.717, 1.165) is 18.2 Å². The van der Waals surface area contributed by atoms with Gasteiger partial charge in [-0.3, -0.25) is 4.79 Å². The molecule has 1 amide bonds. The smallest absolute Gasteiger partial charge is 0.322 e. The van der Waals surface area contributed by atoms with Crippen LogP contribution in [-0.4, -0.2) is 5.91 Å². The number of alkyl halides is 3. The third kappa shape index (κ3) is 3.59. The van der Waals surface area contributed by atoms with Crippen molar-refractivity contribution in [1.82, 2.24) is 0 Å². The van der Waals surface area contributed by atoms with Crippen molar-refractivity contribution in [3.05, 3.63) is 65.0 Å². The summed E-state index contributed by atoms with van der Waals surface area (Å²) in [6, 6.07) is 8.25. The third-order valence-electron chi connectivity index (χ3n) is 2.91. The van der Waals surface area contributed by atoms with E-state index in [1.54, 1.807) is 0 Å². The Kier molecular flexibility index (Phi) is 3.97. The summed E-state index contributed by atoms with van der Waals surface area (Å²) in [7, 11) is 0. The summed E-state index contributed by atoms with van der Waals surface area (Å²) in [6.07, 6.45) is -4.49. The number of halogens is 4. The minimum atomic E-state index is -4.49. The van der Waals surface area contributed by atoms with Crippen molar-refractivity contribution < 1.29 is 22.4 Å². The molecule has 0 aliphatic carbocycles. The van der Waals surface area contributed by atoms with Gasteiger partial charge in [-0.15, -0.1) is 0 Å². The Morgan fingerprint density at radius 3 is 2.24 bits per heavy atom. The number of nitrogens with one attached hydrogen (secondary N) is 1. The molecule has 0 heterocycles. The van der Waals surface area contributed by atoms with Crippen LogP contribution in [0.15, 0.2) is 42.5 Å². The van der Waals surface area contributed by atoms with Crippen molar-refractivity contribution in [2.24, 2.45) is 0 Å². The average molecular weight is 297 g/mol. The predicted octanol–water partition coefficient (Wildman–Crippen LogP) is 4.41. The van der Waals surface area contributed by atoms with Crippen LogP contribution >= 0.6 is 0 Å². The maximum absolute atomic E-state index is 12.8. The Morgan fingerprint density at radius 2 is 1.67 bits per heavy atom. The van der Waals surface area contributed by atoms with E-state index in [2.05, 4.69) is 5.32 Å². The number of hydrogen-bond acceptors (Lipinski definition) is 1. The van der Waals surface area contributed by atoms with Crippen LogP contribution in [0.3, 0.4) is 0 Å². The van der Waals surface area contributed by atoms with E-state index in [9.17, 15) is 22.4 Å². The van der Waals surface area contributed by atoms with Gasteiger partial charge in [0.15, 0.2) is 0 Å². The van der Waals surface area contributed by atoms with E-state index in [1.807, 2.05) is 0 Å². The van der Waals surface area contributed by atoms with E-state index >= 15 is 0 Å². The summed E-state index contributed by atoms with van der Waals surface area (Å²) in [4.78, 5) is 11.9. The first-order valence-corrected chi connectivity index (χ1v) is 6.02. The van der Waals surface area contributed by atoms with Gasteiger partial charge in [0.2, 0.25) is 0 Å². The fourth-order valence-electron chi connectivity index (χ4n) is 1.81. The first-order valence-electron chi connectivity index (χ1n) is 6.02. The monoisotopic (exact) mass is 297 g/mol. The van der Waals surface area contributed by atoms with Crippen molar-refractivity contribution in [3.63, 3.8) is 0 Å². The normalized spacial score (nSPS) is 11.3. The minimum Gasteiger partial charge on any atom is -0.322 e. The highest BCUT2D eigenvalue weighted by Gasteiger charge is 2.32.